The van der Waals surface area contributed by atoms with Crippen molar-refractivity contribution in [3.63, 3.8) is 0 Å². The maximum absolute atomic E-state index is 6.15. The van der Waals surface area contributed by atoms with Crippen LogP contribution in [-0.2, 0) is 13.0 Å². The van der Waals surface area contributed by atoms with E-state index in [9.17, 15) is 0 Å². The van der Waals surface area contributed by atoms with E-state index in [2.05, 4.69) is 23.3 Å². The highest BCUT2D eigenvalue weighted by Gasteiger charge is 2.06. The molecule has 0 saturated heterocycles. The molecule has 1 aromatic carbocycles. The first-order valence-electron chi connectivity index (χ1n) is 6.12. The summed E-state index contributed by atoms with van der Waals surface area (Å²) in [5, 5.41) is 4.29. The molecule has 1 unspecified atom stereocenters. The molecule has 1 aromatic heterocycles. The second-order valence-electron chi connectivity index (χ2n) is 4.40. The molecule has 0 aliphatic carbocycles. The summed E-state index contributed by atoms with van der Waals surface area (Å²) >= 11 is 6.15. The van der Waals surface area contributed by atoms with Crippen molar-refractivity contribution in [3.05, 3.63) is 64.9 Å². The third kappa shape index (κ3) is 3.83. The first kappa shape index (κ1) is 13.1. The van der Waals surface area contributed by atoms with Crippen LogP contribution in [0.5, 0.6) is 0 Å². The zero-order valence-electron chi connectivity index (χ0n) is 10.4. The van der Waals surface area contributed by atoms with Gasteiger partial charge in [0, 0.05) is 23.8 Å². The van der Waals surface area contributed by atoms with Crippen LogP contribution < -0.4 is 5.32 Å². The van der Waals surface area contributed by atoms with E-state index >= 15 is 0 Å². The Kier molecular flexibility index (Phi) is 4.73. The summed E-state index contributed by atoms with van der Waals surface area (Å²) in [5.74, 6) is 0. The molecule has 0 fully saturated rings. The molecule has 0 spiro atoms. The van der Waals surface area contributed by atoms with Crippen molar-refractivity contribution >= 4 is 11.6 Å². The molecule has 3 heteroatoms. The van der Waals surface area contributed by atoms with Crippen LogP contribution in [0.25, 0.3) is 0 Å². The van der Waals surface area contributed by atoms with Crippen molar-refractivity contribution in [2.24, 2.45) is 0 Å². The van der Waals surface area contributed by atoms with Gasteiger partial charge in [-0.3, -0.25) is 4.98 Å². The number of rotatable bonds is 5. The summed E-state index contributed by atoms with van der Waals surface area (Å²) < 4.78 is 0. The minimum Gasteiger partial charge on any atom is -0.308 e. The van der Waals surface area contributed by atoms with Gasteiger partial charge in [-0.2, -0.15) is 0 Å². The van der Waals surface area contributed by atoms with E-state index in [0.29, 0.717) is 6.04 Å². The number of hydrogen-bond donors (Lipinski definition) is 1. The molecule has 0 amide bonds. The highest BCUT2D eigenvalue weighted by atomic mass is 35.5. The molecule has 2 aromatic rings. The van der Waals surface area contributed by atoms with E-state index in [4.69, 9.17) is 11.6 Å². The fourth-order valence-electron chi connectivity index (χ4n) is 1.85. The number of pyridine rings is 1. The molecular formula is C15H17ClN2. The summed E-state index contributed by atoms with van der Waals surface area (Å²) in [6.45, 7) is 2.94. The molecule has 1 atom stereocenters. The zero-order valence-corrected chi connectivity index (χ0v) is 11.2. The highest BCUT2D eigenvalue weighted by molar-refractivity contribution is 6.31. The summed E-state index contributed by atoms with van der Waals surface area (Å²) in [5.41, 5.74) is 2.24. The summed E-state index contributed by atoms with van der Waals surface area (Å²) in [6, 6.07) is 14.3. The van der Waals surface area contributed by atoms with Gasteiger partial charge in [0.1, 0.15) is 0 Å². The molecule has 0 bridgehead atoms. The second kappa shape index (κ2) is 6.53. The Morgan fingerprint density at radius 1 is 1.17 bits per heavy atom. The molecule has 0 saturated carbocycles. The number of nitrogens with zero attached hydrogens (tertiary/aromatic N) is 1. The van der Waals surface area contributed by atoms with Crippen molar-refractivity contribution in [2.45, 2.75) is 25.9 Å². The van der Waals surface area contributed by atoms with Crippen LogP contribution in [0, 0.1) is 0 Å². The highest BCUT2D eigenvalue weighted by Crippen LogP contribution is 2.16. The van der Waals surface area contributed by atoms with E-state index in [-0.39, 0.29) is 0 Å². The smallest absolute Gasteiger partial charge is 0.0541 e. The van der Waals surface area contributed by atoms with Crippen LogP contribution in [0.15, 0.2) is 48.7 Å². The van der Waals surface area contributed by atoms with Gasteiger partial charge in [0.05, 0.1) is 5.69 Å². The molecule has 94 valence electrons. The van der Waals surface area contributed by atoms with Crippen molar-refractivity contribution < 1.29 is 0 Å². The monoisotopic (exact) mass is 260 g/mol. The SMILES string of the molecule is CC(Cc1ccccc1Cl)NCc1ccccn1. The minimum absolute atomic E-state index is 0.368. The number of hydrogen-bond acceptors (Lipinski definition) is 2. The predicted octanol–water partition coefficient (Wildman–Crippen LogP) is 3.46. The first-order chi connectivity index (χ1) is 8.75. The van der Waals surface area contributed by atoms with Gasteiger partial charge in [-0.25, -0.2) is 0 Å². The third-order valence-corrected chi connectivity index (χ3v) is 3.21. The van der Waals surface area contributed by atoms with E-state index in [0.717, 1.165) is 23.7 Å². The molecule has 0 aliphatic rings. The topological polar surface area (TPSA) is 24.9 Å². The largest absolute Gasteiger partial charge is 0.308 e. The Hall–Kier alpha value is -1.38. The molecule has 2 nitrogen and oxygen atoms in total. The Morgan fingerprint density at radius 2 is 1.94 bits per heavy atom. The van der Waals surface area contributed by atoms with Crippen molar-refractivity contribution in [1.82, 2.24) is 10.3 Å². The van der Waals surface area contributed by atoms with Crippen LogP contribution in [0.3, 0.4) is 0 Å². The lowest BCUT2D eigenvalue weighted by molar-refractivity contribution is 0.540. The molecular weight excluding hydrogens is 244 g/mol. The van der Waals surface area contributed by atoms with Crippen LogP contribution >= 0.6 is 11.6 Å². The van der Waals surface area contributed by atoms with E-state index in [1.54, 1.807) is 0 Å². The maximum Gasteiger partial charge on any atom is 0.0541 e. The van der Waals surface area contributed by atoms with Crippen LogP contribution in [0.1, 0.15) is 18.2 Å². The van der Waals surface area contributed by atoms with Crippen LogP contribution in [0.2, 0.25) is 5.02 Å². The Labute approximate surface area is 113 Å². The fourth-order valence-corrected chi connectivity index (χ4v) is 2.06. The standard InChI is InChI=1S/C15H17ClN2/c1-12(10-13-6-2-3-8-15(13)16)18-11-14-7-4-5-9-17-14/h2-9,12,18H,10-11H2,1H3. The van der Waals surface area contributed by atoms with E-state index < -0.39 is 0 Å². The Bertz CT molecular complexity index is 485. The molecule has 18 heavy (non-hydrogen) atoms. The van der Waals surface area contributed by atoms with Gasteiger partial charge in [0.15, 0.2) is 0 Å². The van der Waals surface area contributed by atoms with Gasteiger partial charge in [-0.15, -0.1) is 0 Å². The lowest BCUT2D eigenvalue weighted by atomic mass is 10.1. The molecule has 1 heterocycles. The average molecular weight is 261 g/mol. The normalized spacial score (nSPS) is 12.3. The van der Waals surface area contributed by atoms with Gasteiger partial charge in [-0.1, -0.05) is 35.9 Å². The van der Waals surface area contributed by atoms with Gasteiger partial charge >= 0.3 is 0 Å². The molecule has 0 aliphatic heterocycles. The number of halogens is 1. The number of aromatic nitrogens is 1. The predicted molar refractivity (Wildman–Crippen MR) is 75.7 cm³/mol. The van der Waals surface area contributed by atoms with Gasteiger partial charge in [-0.05, 0) is 37.1 Å². The fraction of sp³-hybridized carbons (Fsp3) is 0.267. The van der Waals surface area contributed by atoms with Crippen molar-refractivity contribution in [1.29, 1.82) is 0 Å². The van der Waals surface area contributed by atoms with Gasteiger partial charge in [0.2, 0.25) is 0 Å². The van der Waals surface area contributed by atoms with Crippen molar-refractivity contribution in [2.75, 3.05) is 0 Å². The second-order valence-corrected chi connectivity index (χ2v) is 4.81. The van der Waals surface area contributed by atoms with Crippen LogP contribution in [-0.4, -0.2) is 11.0 Å². The lowest BCUT2D eigenvalue weighted by Crippen LogP contribution is -2.28. The van der Waals surface area contributed by atoms with Gasteiger partial charge < -0.3 is 5.32 Å². The zero-order chi connectivity index (χ0) is 12.8. The first-order valence-corrected chi connectivity index (χ1v) is 6.50. The third-order valence-electron chi connectivity index (χ3n) is 2.84. The Morgan fingerprint density at radius 3 is 2.67 bits per heavy atom. The number of nitrogens with one attached hydrogen (secondary N) is 1. The summed E-state index contributed by atoms with van der Waals surface area (Å²) in [6.07, 6.45) is 2.74. The molecule has 0 radical (unpaired) electrons. The van der Waals surface area contributed by atoms with Crippen LogP contribution in [0.4, 0.5) is 0 Å². The number of benzene rings is 1. The average Bonchev–Trinajstić information content (AvgIpc) is 2.40. The summed E-state index contributed by atoms with van der Waals surface area (Å²) in [4.78, 5) is 4.29. The maximum atomic E-state index is 6.15. The quantitative estimate of drug-likeness (QED) is 0.891. The van der Waals surface area contributed by atoms with Gasteiger partial charge in [0.25, 0.3) is 0 Å². The lowest BCUT2D eigenvalue weighted by Gasteiger charge is -2.14. The Balaban J connectivity index is 1.86. The molecule has 1 N–H and O–H groups in total. The minimum atomic E-state index is 0.368. The van der Waals surface area contributed by atoms with E-state index in [1.807, 2.05) is 42.6 Å². The molecule has 2 rings (SSSR count). The van der Waals surface area contributed by atoms with Crippen molar-refractivity contribution in [3.8, 4) is 0 Å². The van der Waals surface area contributed by atoms with E-state index in [1.165, 1.54) is 5.56 Å². The summed E-state index contributed by atoms with van der Waals surface area (Å²) in [7, 11) is 0.